The van der Waals surface area contributed by atoms with Crippen LogP contribution in [0.15, 0.2) is 60.7 Å². The van der Waals surface area contributed by atoms with E-state index in [9.17, 15) is 0 Å². The molecule has 0 saturated carbocycles. The zero-order valence-electron chi connectivity index (χ0n) is 63.8. The number of methoxy groups -OCH3 is 1. The van der Waals surface area contributed by atoms with Gasteiger partial charge in [0.25, 0.3) is 0 Å². The molecule has 6 rings (SSSR count). The standard InChI is InChI=1S/C90H2.C28H28N2O2/c1-3-5-7-9-11-13-15-17-19-21-23-25-27-29-31-33-35-37-39-41-43-45-47-49-51-53-55-57-59-61-63-65-67-69-71-73-75-77-79-81-83-85-87-89-90-88-86-84-82-80-78-76-74-72-70-68-66-64-62-60-58-56-54-52-50-48-46-44-42-40-38-36-34-32-30-28-26-24-22-20-18-16-14-12-10-8-6-4-2;1-18-8-9-21-23-14-26-22-15-27(31-2)28(32-17-19-6-4-3-5-7-19)13-20(22)10-11-30(26)16-25(23)29-24(21)12-18/h1-2H;3-9,12-13,15,26,29H,10-11,14,16-17H2,1-2H3. The molecular weight excluding hydrogens is 1480 g/mol. The SMILES string of the molecule is C#CC#CC#CC#CC#CC#CC#CC#CC#CC#CC#CC#CC#CC#CC#CC#CC#CC#CC#CC#CC#CC#CC#CC#CC#CC#CC#CC#CC#CC#CC#CC#CC#CC#CC#CC#CC#CC#CC#CC#CC#CC#CC#CC#CC#C.COc1cc2c(cc1OCc1ccccc1)CCN1Cc3[nH]c4cc(C)ccc4c3CC21. The lowest BCUT2D eigenvalue weighted by Crippen LogP contribution is -2.39. The van der Waals surface area contributed by atoms with Gasteiger partial charge in [-0.25, -0.2) is 0 Å². The van der Waals surface area contributed by atoms with Crippen molar-refractivity contribution in [3.05, 3.63) is 94.2 Å². The van der Waals surface area contributed by atoms with Gasteiger partial charge < -0.3 is 14.5 Å². The first-order chi connectivity index (χ1) is 60.6. The van der Waals surface area contributed by atoms with Crippen molar-refractivity contribution in [2.45, 2.75) is 39.0 Å². The number of nitrogens with one attached hydrogen (secondary N) is 1. The average Bonchev–Trinajstić information content (AvgIpc) is 1.53. The molecule has 122 heavy (non-hydrogen) atoms. The van der Waals surface area contributed by atoms with Crippen molar-refractivity contribution < 1.29 is 9.47 Å². The Morgan fingerprint density at radius 1 is 0.311 bits per heavy atom. The molecule has 4 heteroatoms. The van der Waals surface area contributed by atoms with Crippen LogP contribution in [0.25, 0.3) is 10.9 Å². The van der Waals surface area contributed by atoms with Crippen LogP contribution in [0.1, 0.15) is 39.6 Å². The Kier molecular flexibility index (Phi) is 47.8. The second-order valence-electron chi connectivity index (χ2n) is 20.1. The Morgan fingerprint density at radius 2 is 0.566 bits per heavy atom. The van der Waals surface area contributed by atoms with Crippen LogP contribution >= 0.6 is 0 Å². The normalized spacial score (nSPS) is 7.49. The molecule has 0 aliphatic carbocycles. The molecule has 0 radical (unpaired) electrons. The fraction of sp³-hybridized carbons (Fsp3) is 0.0678. The van der Waals surface area contributed by atoms with Gasteiger partial charge in [-0.15, -0.1) is 12.8 Å². The minimum absolute atomic E-state index is 0.378. The third-order valence-electron chi connectivity index (χ3n) is 12.5. The Labute approximate surface area is 717 Å². The highest BCUT2D eigenvalue weighted by Crippen LogP contribution is 2.44. The largest absolute Gasteiger partial charge is 0.493 e. The van der Waals surface area contributed by atoms with Crippen LogP contribution in [-0.4, -0.2) is 23.5 Å². The molecule has 2 aliphatic rings. The summed E-state index contributed by atoms with van der Waals surface area (Å²) in [6, 6.07) is 21.9. The number of aromatic nitrogens is 1. The molecule has 0 saturated heterocycles. The number of aryl methyl sites for hydroxylation is 1. The van der Waals surface area contributed by atoms with Gasteiger partial charge in [0, 0.05) is 462 Å². The van der Waals surface area contributed by atoms with Crippen molar-refractivity contribution in [2.24, 2.45) is 0 Å². The summed E-state index contributed by atoms with van der Waals surface area (Å²) in [5.74, 6) is 220. The molecule has 1 atom stereocenters. The maximum Gasteiger partial charge on any atom is 0.161 e. The summed E-state index contributed by atoms with van der Waals surface area (Å²) >= 11 is 0. The average molecular weight is 1510 g/mol. The van der Waals surface area contributed by atoms with E-state index in [1.54, 1.807) is 7.11 Å². The number of H-pyrrole nitrogens is 1. The van der Waals surface area contributed by atoms with Crippen LogP contribution in [0.3, 0.4) is 0 Å². The van der Waals surface area contributed by atoms with Crippen molar-refractivity contribution in [2.75, 3.05) is 13.7 Å². The number of fused-ring (bicyclic) bond motifs is 6. The highest BCUT2D eigenvalue weighted by atomic mass is 16.5. The van der Waals surface area contributed by atoms with Gasteiger partial charge >= 0.3 is 0 Å². The van der Waals surface area contributed by atoms with E-state index in [0.29, 0.717) is 12.6 Å². The summed E-state index contributed by atoms with van der Waals surface area (Å²) in [6.07, 6.45) is 12.0. The highest BCUT2D eigenvalue weighted by molar-refractivity contribution is 5.86. The first kappa shape index (κ1) is 89.6. The summed E-state index contributed by atoms with van der Waals surface area (Å²) < 4.78 is 12.0. The second kappa shape index (κ2) is 65.1. The van der Waals surface area contributed by atoms with E-state index in [0.717, 1.165) is 43.0 Å². The molecule has 4 nitrogen and oxygen atoms in total. The van der Waals surface area contributed by atoms with E-state index in [1.165, 1.54) is 38.9 Å². The van der Waals surface area contributed by atoms with Crippen molar-refractivity contribution >= 4 is 10.9 Å². The quantitative estimate of drug-likeness (QED) is 0.251. The summed E-state index contributed by atoms with van der Waals surface area (Å²) in [4.78, 5) is 6.30. The van der Waals surface area contributed by atoms with Crippen LogP contribution in [-0.2, 0) is 26.0 Å². The van der Waals surface area contributed by atoms with Gasteiger partial charge in [-0.1, -0.05) is 42.5 Å². The molecule has 1 N–H and O–H groups in total. The van der Waals surface area contributed by atoms with E-state index < -0.39 is 0 Å². The third-order valence-corrected chi connectivity index (χ3v) is 12.5. The van der Waals surface area contributed by atoms with Crippen LogP contribution < -0.4 is 9.47 Å². The van der Waals surface area contributed by atoms with Crippen molar-refractivity contribution in [3.8, 4) is 545 Å². The van der Waals surface area contributed by atoms with Gasteiger partial charge in [0.2, 0.25) is 0 Å². The Hall–Kier alpha value is -23.0. The maximum absolute atomic E-state index is 6.19. The van der Waals surface area contributed by atoms with Crippen molar-refractivity contribution in [3.63, 3.8) is 0 Å². The fourth-order valence-corrected chi connectivity index (χ4v) is 8.08. The predicted molar refractivity (Wildman–Crippen MR) is 479 cm³/mol. The number of nitrogens with zero attached hydrogens (tertiary/aromatic N) is 1. The van der Waals surface area contributed by atoms with E-state index in [2.05, 4.69) is 580 Å². The molecule has 0 spiro atoms. The zero-order valence-corrected chi connectivity index (χ0v) is 63.8. The van der Waals surface area contributed by atoms with Crippen molar-refractivity contribution in [1.29, 1.82) is 0 Å². The van der Waals surface area contributed by atoms with Gasteiger partial charge in [0.05, 0.1) is 7.11 Å². The molecule has 0 amide bonds. The fourth-order valence-electron chi connectivity index (χ4n) is 8.08. The van der Waals surface area contributed by atoms with Gasteiger partial charge in [-0.2, -0.15) is 0 Å². The molecular formula is C118H30N2O2. The summed E-state index contributed by atoms with van der Waals surface area (Å²) in [6.45, 7) is 4.74. The van der Waals surface area contributed by atoms with Gasteiger partial charge in [-0.3, -0.25) is 4.90 Å². The summed E-state index contributed by atoms with van der Waals surface area (Å²) in [5, 5.41) is 1.37. The number of ether oxygens (including phenoxy) is 2. The Bertz CT molecular complexity index is 7890. The number of rotatable bonds is 4. The minimum atomic E-state index is 0.378. The molecule has 524 valence electrons. The molecule has 3 aromatic carbocycles. The van der Waals surface area contributed by atoms with Crippen LogP contribution in [0.4, 0.5) is 0 Å². The first-order valence-corrected chi connectivity index (χ1v) is 33.7. The molecule has 4 aromatic rings. The summed E-state index contributed by atoms with van der Waals surface area (Å²) in [5.41, 5.74) is 9.33. The van der Waals surface area contributed by atoms with Crippen LogP contribution in [0.2, 0.25) is 0 Å². The lowest BCUT2D eigenvalue weighted by atomic mass is 9.85. The molecule has 0 fully saturated rings. The Morgan fingerprint density at radius 3 is 0.811 bits per heavy atom. The van der Waals surface area contributed by atoms with Crippen LogP contribution in [0, 0.1) is 541 Å². The second-order valence-corrected chi connectivity index (χ2v) is 20.1. The number of hydrogen-bond acceptors (Lipinski definition) is 3. The van der Waals surface area contributed by atoms with E-state index >= 15 is 0 Å². The molecule has 3 heterocycles. The highest BCUT2D eigenvalue weighted by Gasteiger charge is 2.35. The first-order valence-electron chi connectivity index (χ1n) is 33.7. The zero-order chi connectivity index (χ0) is 85.9. The topological polar surface area (TPSA) is 37.5 Å². The summed E-state index contributed by atoms with van der Waals surface area (Å²) in [7, 11) is 1.73. The van der Waals surface area contributed by atoms with E-state index in [4.69, 9.17) is 22.3 Å². The molecule has 0 bridgehead atoms. The Balaban J connectivity index is 0.000000670. The van der Waals surface area contributed by atoms with Crippen LogP contribution in [0.5, 0.6) is 11.5 Å². The molecule has 1 aromatic heterocycles. The van der Waals surface area contributed by atoms with Gasteiger partial charge in [0.15, 0.2) is 11.5 Å². The predicted octanol–water partition coefficient (Wildman–Crippen LogP) is 6.12. The monoisotopic (exact) mass is 1510 g/mol. The smallest absolute Gasteiger partial charge is 0.161 e. The minimum Gasteiger partial charge on any atom is -0.493 e. The number of hydrogen-bond donors (Lipinski definition) is 1. The number of aromatic amines is 1. The molecule has 2 aliphatic heterocycles. The lowest BCUT2D eigenvalue weighted by Gasteiger charge is -2.40. The van der Waals surface area contributed by atoms with Crippen molar-refractivity contribution in [1.82, 2.24) is 9.88 Å². The third kappa shape index (κ3) is 44.9. The van der Waals surface area contributed by atoms with E-state index in [1.807, 2.05) is 18.2 Å². The van der Waals surface area contributed by atoms with E-state index in [-0.39, 0.29) is 0 Å². The van der Waals surface area contributed by atoms with Gasteiger partial charge in [-0.05, 0) is 161 Å². The number of benzene rings is 3. The maximum atomic E-state index is 6.19. The lowest BCUT2D eigenvalue weighted by molar-refractivity contribution is 0.158. The number of terminal acetylenes is 2. The van der Waals surface area contributed by atoms with Gasteiger partial charge in [0.1, 0.15) is 6.61 Å². The molecule has 1 unspecified atom stereocenters.